The first-order valence-corrected chi connectivity index (χ1v) is 8.45. The Morgan fingerprint density at radius 1 is 1.14 bits per heavy atom. The third kappa shape index (κ3) is 6.32. The second kappa shape index (κ2) is 9.38. The molecule has 0 aromatic rings. The molecule has 5 nitrogen and oxygen atoms in total. The van der Waals surface area contributed by atoms with Crippen molar-refractivity contribution in [2.75, 3.05) is 45.8 Å². The molecule has 0 saturated carbocycles. The third-order valence-corrected chi connectivity index (χ3v) is 4.67. The Morgan fingerprint density at radius 3 is 2.24 bits per heavy atom. The molecule has 1 amide bonds. The topological polar surface area (TPSA) is 61.6 Å². The van der Waals surface area contributed by atoms with Crippen LogP contribution in [-0.2, 0) is 4.79 Å². The smallest absolute Gasteiger partial charge is 0.237 e. The Bertz CT molecular complexity index is 303. The van der Waals surface area contributed by atoms with Gasteiger partial charge in [0, 0.05) is 39.3 Å². The SMILES string of the molecule is CCC(C)C(N)C(=O)NCC(C)CN1CCN(CC)CC1. The molecule has 1 aliphatic heterocycles. The molecule has 1 saturated heterocycles. The third-order valence-electron chi connectivity index (χ3n) is 4.67. The summed E-state index contributed by atoms with van der Waals surface area (Å²) in [5, 5.41) is 3.01. The molecular weight excluding hydrogens is 264 g/mol. The van der Waals surface area contributed by atoms with Crippen molar-refractivity contribution in [1.29, 1.82) is 0 Å². The largest absolute Gasteiger partial charge is 0.354 e. The van der Waals surface area contributed by atoms with E-state index in [1.165, 1.54) is 0 Å². The van der Waals surface area contributed by atoms with Crippen LogP contribution in [0.5, 0.6) is 0 Å². The Labute approximate surface area is 130 Å². The van der Waals surface area contributed by atoms with Gasteiger partial charge < -0.3 is 20.9 Å². The molecule has 3 unspecified atom stereocenters. The number of nitrogens with one attached hydrogen (secondary N) is 1. The van der Waals surface area contributed by atoms with Gasteiger partial charge in [-0.15, -0.1) is 0 Å². The van der Waals surface area contributed by atoms with Crippen LogP contribution >= 0.6 is 0 Å². The molecule has 0 bridgehead atoms. The van der Waals surface area contributed by atoms with E-state index in [0.29, 0.717) is 5.92 Å². The number of hydrogen-bond acceptors (Lipinski definition) is 4. The fourth-order valence-corrected chi connectivity index (χ4v) is 2.70. The fourth-order valence-electron chi connectivity index (χ4n) is 2.70. The zero-order valence-electron chi connectivity index (χ0n) is 14.3. The average molecular weight is 298 g/mol. The summed E-state index contributed by atoms with van der Waals surface area (Å²) >= 11 is 0. The lowest BCUT2D eigenvalue weighted by Gasteiger charge is -2.35. The van der Waals surface area contributed by atoms with E-state index < -0.39 is 0 Å². The highest BCUT2D eigenvalue weighted by atomic mass is 16.2. The van der Waals surface area contributed by atoms with Crippen molar-refractivity contribution >= 4 is 5.91 Å². The van der Waals surface area contributed by atoms with Crippen molar-refractivity contribution in [2.24, 2.45) is 17.6 Å². The predicted molar refractivity (Wildman–Crippen MR) is 88.2 cm³/mol. The van der Waals surface area contributed by atoms with Gasteiger partial charge in [-0.05, 0) is 18.4 Å². The van der Waals surface area contributed by atoms with Crippen LogP contribution in [0, 0.1) is 11.8 Å². The van der Waals surface area contributed by atoms with Gasteiger partial charge in [-0.25, -0.2) is 0 Å². The van der Waals surface area contributed by atoms with Crippen LogP contribution in [0.1, 0.15) is 34.1 Å². The molecule has 5 heteroatoms. The van der Waals surface area contributed by atoms with Crippen LogP contribution in [0.2, 0.25) is 0 Å². The zero-order chi connectivity index (χ0) is 15.8. The quantitative estimate of drug-likeness (QED) is 0.694. The van der Waals surface area contributed by atoms with Gasteiger partial charge >= 0.3 is 0 Å². The highest BCUT2D eigenvalue weighted by Crippen LogP contribution is 2.07. The van der Waals surface area contributed by atoms with E-state index in [2.05, 4.69) is 35.9 Å². The molecule has 0 aliphatic carbocycles. The molecule has 3 N–H and O–H groups in total. The number of amides is 1. The molecule has 0 radical (unpaired) electrons. The monoisotopic (exact) mass is 298 g/mol. The molecule has 3 atom stereocenters. The summed E-state index contributed by atoms with van der Waals surface area (Å²) in [6, 6.07) is -0.379. The van der Waals surface area contributed by atoms with Gasteiger partial charge in [0.25, 0.3) is 0 Å². The van der Waals surface area contributed by atoms with Crippen molar-refractivity contribution < 1.29 is 4.79 Å². The first kappa shape index (κ1) is 18.4. The molecule has 0 aromatic heterocycles. The Kier molecular flexibility index (Phi) is 8.22. The number of carbonyl (C=O) groups excluding carboxylic acids is 1. The first-order chi connectivity index (χ1) is 9.97. The standard InChI is InChI=1S/C16H34N4O/c1-5-14(4)15(17)16(21)18-11-13(3)12-20-9-7-19(6-2)8-10-20/h13-15H,5-12,17H2,1-4H3,(H,18,21). The molecule has 1 rings (SSSR count). The summed E-state index contributed by atoms with van der Waals surface area (Å²) in [5.74, 6) is 0.695. The highest BCUT2D eigenvalue weighted by Gasteiger charge is 2.21. The number of carbonyl (C=O) groups is 1. The van der Waals surface area contributed by atoms with Crippen LogP contribution in [0.3, 0.4) is 0 Å². The van der Waals surface area contributed by atoms with Gasteiger partial charge in [-0.2, -0.15) is 0 Å². The van der Waals surface area contributed by atoms with E-state index in [1.54, 1.807) is 0 Å². The van der Waals surface area contributed by atoms with Gasteiger partial charge in [-0.3, -0.25) is 4.79 Å². The van der Waals surface area contributed by atoms with Crippen molar-refractivity contribution in [3.63, 3.8) is 0 Å². The van der Waals surface area contributed by atoms with Crippen molar-refractivity contribution in [1.82, 2.24) is 15.1 Å². The molecule has 1 aliphatic rings. The summed E-state index contributed by atoms with van der Waals surface area (Å²) in [5.41, 5.74) is 5.94. The van der Waals surface area contributed by atoms with Crippen molar-refractivity contribution in [3.05, 3.63) is 0 Å². The van der Waals surface area contributed by atoms with Gasteiger partial charge in [-0.1, -0.05) is 34.1 Å². The summed E-state index contributed by atoms with van der Waals surface area (Å²) < 4.78 is 0. The van der Waals surface area contributed by atoms with E-state index in [9.17, 15) is 4.79 Å². The first-order valence-electron chi connectivity index (χ1n) is 8.45. The normalized spacial score (nSPS) is 21.8. The molecule has 124 valence electrons. The van der Waals surface area contributed by atoms with Gasteiger partial charge in [0.05, 0.1) is 6.04 Å². The zero-order valence-corrected chi connectivity index (χ0v) is 14.3. The van der Waals surface area contributed by atoms with E-state index in [4.69, 9.17) is 5.73 Å². The molecule has 1 heterocycles. The fraction of sp³-hybridized carbons (Fsp3) is 0.938. The molecular formula is C16H34N4O. The lowest BCUT2D eigenvalue weighted by molar-refractivity contribution is -0.123. The van der Waals surface area contributed by atoms with Gasteiger partial charge in [0.1, 0.15) is 0 Å². The second-order valence-electron chi connectivity index (χ2n) is 6.50. The number of likely N-dealkylation sites (N-methyl/N-ethyl adjacent to an activating group) is 1. The van der Waals surface area contributed by atoms with Crippen LogP contribution in [-0.4, -0.2) is 67.6 Å². The Balaban J connectivity index is 2.22. The number of rotatable bonds is 8. The second-order valence-corrected chi connectivity index (χ2v) is 6.50. The summed E-state index contributed by atoms with van der Waals surface area (Å²) in [6.45, 7) is 16.0. The average Bonchev–Trinajstić information content (AvgIpc) is 2.51. The number of nitrogens with zero attached hydrogens (tertiary/aromatic N) is 2. The number of hydrogen-bond donors (Lipinski definition) is 2. The Hall–Kier alpha value is -0.650. The van der Waals surface area contributed by atoms with E-state index >= 15 is 0 Å². The number of nitrogens with two attached hydrogens (primary N) is 1. The minimum Gasteiger partial charge on any atom is -0.354 e. The molecule has 1 fully saturated rings. The minimum absolute atomic E-state index is 0.00741. The minimum atomic E-state index is -0.379. The summed E-state index contributed by atoms with van der Waals surface area (Å²) in [4.78, 5) is 16.9. The van der Waals surface area contributed by atoms with E-state index in [1.807, 2.05) is 6.92 Å². The van der Waals surface area contributed by atoms with Crippen LogP contribution in [0.15, 0.2) is 0 Å². The molecule has 0 aromatic carbocycles. The van der Waals surface area contributed by atoms with Crippen LogP contribution in [0.4, 0.5) is 0 Å². The maximum Gasteiger partial charge on any atom is 0.237 e. The Morgan fingerprint density at radius 2 is 1.71 bits per heavy atom. The van der Waals surface area contributed by atoms with Crippen molar-refractivity contribution in [3.8, 4) is 0 Å². The van der Waals surface area contributed by atoms with Crippen LogP contribution < -0.4 is 11.1 Å². The maximum atomic E-state index is 12.0. The van der Waals surface area contributed by atoms with E-state index in [0.717, 1.165) is 52.2 Å². The van der Waals surface area contributed by atoms with Gasteiger partial charge in [0.15, 0.2) is 0 Å². The molecule has 0 spiro atoms. The van der Waals surface area contributed by atoms with E-state index in [-0.39, 0.29) is 17.9 Å². The lowest BCUT2D eigenvalue weighted by Crippen LogP contribution is -2.49. The lowest BCUT2D eigenvalue weighted by atomic mass is 9.99. The van der Waals surface area contributed by atoms with Crippen molar-refractivity contribution in [2.45, 2.75) is 40.2 Å². The van der Waals surface area contributed by atoms with Crippen LogP contribution in [0.25, 0.3) is 0 Å². The predicted octanol–water partition coefficient (Wildman–Crippen LogP) is 0.750. The van der Waals surface area contributed by atoms with Gasteiger partial charge in [0.2, 0.25) is 5.91 Å². The maximum absolute atomic E-state index is 12.0. The highest BCUT2D eigenvalue weighted by molar-refractivity contribution is 5.81. The number of piperazine rings is 1. The summed E-state index contributed by atoms with van der Waals surface area (Å²) in [6.07, 6.45) is 0.936. The molecule has 21 heavy (non-hydrogen) atoms. The summed E-state index contributed by atoms with van der Waals surface area (Å²) in [7, 11) is 0.